The summed E-state index contributed by atoms with van der Waals surface area (Å²) in [6, 6.07) is 8.86. The van der Waals surface area contributed by atoms with Gasteiger partial charge in [0.25, 0.3) is 0 Å². The van der Waals surface area contributed by atoms with Crippen molar-refractivity contribution in [3.05, 3.63) is 35.4 Å². The van der Waals surface area contributed by atoms with Crippen LogP contribution in [0.15, 0.2) is 24.3 Å². The molecule has 2 unspecified atom stereocenters. The lowest BCUT2D eigenvalue weighted by atomic mass is 9.95. The van der Waals surface area contributed by atoms with Crippen molar-refractivity contribution >= 4 is 5.91 Å². The number of carbonyl (C=O) groups excluding carboxylic acids is 1. The summed E-state index contributed by atoms with van der Waals surface area (Å²) in [4.78, 5) is 13.8. The summed E-state index contributed by atoms with van der Waals surface area (Å²) < 4.78 is 0. The van der Waals surface area contributed by atoms with E-state index in [9.17, 15) is 4.79 Å². The van der Waals surface area contributed by atoms with Crippen LogP contribution in [-0.4, -0.2) is 36.5 Å². The molecule has 20 heavy (non-hydrogen) atoms. The number of hydrogen-bond donors (Lipinski definition) is 2. The summed E-state index contributed by atoms with van der Waals surface area (Å²) in [5, 5.41) is 2.93. The zero-order valence-electron chi connectivity index (χ0n) is 12.4. The molecule has 0 radical (unpaired) electrons. The number of benzene rings is 1. The largest absolute Gasteiger partial charge is 0.355 e. The molecule has 4 heteroatoms. The van der Waals surface area contributed by atoms with Crippen molar-refractivity contribution < 1.29 is 4.79 Å². The van der Waals surface area contributed by atoms with Crippen LogP contribution in [0.3, 0.4) is 0 Å². The zero-order valence-corrected chi connectivity index (χ0v) is 12.4. The van der Waals surface area contributed by atoms with Gasteiger partial charge in [-0.25, -0.2) is 0 Å². The number of hydrogen-bond acceptors (Lipinski definition) is 3. The van der Waals surface area contributed by atoms with Crippen molar-refractivity contribution in [3.8, 4) is 0 Å². The van der Waals surface area contributed by atoms with Gasteiger partial charge in [0.15, 0.2) is 0 Å². The van der Waals surface area contributed by atoms with Crippen LogP contribution in [0.5, 0.6) is 0 Å². The molecule has 1 aromatic rings. The third kappa shape index (κ3) is 3.58. The number of rotatable bonds is 4. The van der Waals surface area contributed by atoms with Crippen LogP contribution in [0.1, 0.15) is 36.9 Å². The Bertz CT molecular complexity index is 444. The molecule has 0 aliphatic carbocycles. The third-order valence-corrected chi connectivity index (χ3v) is 4.04. The topological polar surface area (TPSA) is 58.4 Å². The van der Waals surface area contributed by atoms with Crippen LogP contribution in [0, 0.1) is 6.92 Å². The van der Waals surface area contributed by atoms with Crippen molar-refractivity contribution in [1.82, 2.24) is 10.2 Å². The molecule has 4 nitrogen and oxygen atoms in total. The highest BCUT2D eigenvalue weighted by Gasteiger charge is 2.27. The van der Waals surface area contributed by atoms with Gasteiger partial charge in [-0.2, -0.15) is 0 Å². The van der Waals surface area contributed by atoms with Gasteiger partial charge in [-0.15, -0.1) is 0 Å². The smallest absolute Gasteiger partial charge is 0.221 e. The number of nitrogens with two attached hydrogens (primary N) is 1. The van der Waals surface area contributed by atoms with E-state index in [-0.39, 0.29) is 18.0 Å². The first-order valence-electron chi connectivity index (χ1n) is 7.44. The van der Waals surface area contributed by atoms with Gasteiger partial charge in [-0.3, -0.25) is 9.69 Å². The van der Waals surface area contributed by atoms with Gasteiger partial charge in [0.2, 0.25) is 5.91 Å². The second kappa shape index (κ2) is 6.86. The molecule has 110 valence electrons. The standard InChI is InChI=1S/C16H25N3O/c1-3-14(17)16(13-6-4-12(2)5-7-13)19-10-8-15(20)18-9-11-19/h4-7,14,16H,3,8-11,17H2,1-2H3,(H,18,20). The molecule has 2 atom stereocenters. The molecule has 0 saturated carbocycles. The first-order valence-corrected chi connectivity index (χ1v) is 7.44. The van der Waals surface area contributed by atoms with Crippen LogP contribution in [0.25, 0.3) is 0 Å². The molecule has 0 spiro atoms. The quantitative estimate of drug-likeness (QED) is 0.877. The van der Waals surface area contributed by atoms with Crippen molar-refractivity contribution in [1.29, 1.82) is 0 Å². The minimum Gasteiger partial charge on any atom is -0.355 e. The molecule has 1 aromatic carbocycles. The van der Waals surface area contributed by atoms with Gasteiger partial charge in [-0.1, -0.05) is 36.8 Å². The number of amides is 1. The summed E-state index contributed by atoms with van der Waals surface area (Å²) >= 11 is 0. The van der Waals surface area contributed by atoms with Gasteiger partial charge < -0.3 is 11.1 Å². The van der Waals surface area contributed by atoms with Crippen LogP contribution in [0.2, 0.25) is 0 Å². The molecule has 0 aromatic heterocycles. The highest BCUT2D eigenvalue weighted by atomic mass is 16.1. The Kier molecular flexibility index (Phi) is 5.15. The van der Waals surface area contributed by atoms with E-state index in [2.05, 4.69) is 48.3 Å². The molecule has 1 aliphatic heterocycles. The zero-order chi connectivity index (χ0) is 14.5. The third-order valence-electron chi connectivity index (χ3n) is 4.04. The minimum absolute atomic E-state index is 0.0888. The average molecular weight is 275 g/mol. The highest BCUT2D eigenvalue weighted by Crippen LogP contribution is 2.26. The van der Waals surface area contributed by atoms with E-state index in [4.69, 9.17) is 5.73 Å². The molecule has 1 saturated heterocycles. The number of nitrogens with zero attached hydrogens (tertiary/aromatic N) is 1. The Morgan fingerprint density at radius 2 is 2.00 bits per heavy atom. The van der Waals surface area contributed by atoms with Crippen LogP contribution in [0.4, 0.5) is 0 Å². The molecule has 0 bridgehead atoms. The van der Waals surface area contributed by atoms with Gasteiger partial charge in [-0.05, 0) is 18.9 Å². The first-order chi connectivity index (χ1) is 9.61. The van der Waals surface area contributed by atoms with E-state index in [0.717, 1.165) is 19.5 Å². The van der Waals surface area contributed by atoms with E-state index < -0.39 is 0 Å². The lowest BCUT2D eigenvalue weighted by Crippen LogP contribution is -2.42. The van der Waals surface area contributed by atoms with Crippen molar-refractivity contribution in [2.24, 2.45) is 5.73 Å². The Hall–Kier alpha value is -1.39. The maximum absolute atomic E-state index is 11.5. The monoisotopic (exact) mass is 275 g/mol. The van der Waals surface area contributed by atoms with Crippen molar-refractivity contribution in [2.75, 3.05) is 19.6 Å². The fourth-order valence-corrected chi connectivity index (χ4v) is 2.78. The van der Waals surface area contributed by atoms with E-state index in [0.29, 0.717) is 13.0 Å². The second-order valence-corrected chi connectivity index (χ2v) is 5.56. The fourth-order valence-electron chi connectivity index (χ4n) is 2.78. The predicted octanol–water partition coefficient (Wildman–Crippen LogP) is 1.60. The number of nitrogens with one attached hydrogen (secondary N) is 1. The first kappa shape index (κ1) is 15.0. The molecule has 1 amide bonds. The summed E-state index contributed by atoms with van der Waals surface area (Å²) in [5.74, 6) is 0.139. The molecule has 1 heterocycles. The van der Waals surface area contributed by atoms with E-state index >= 15 is 0 Å². The number of aryl methyl sites for hydroxylation is 1. The molecular weight excluding hydrogens is 250 g/mol. The molecule has 3 N–H and O–H groups in total. The Balaban J connectivity index is 2.22. The second-order valence-electron chi connectivity index (χ2n) is 5.56. The molecule has 2 rings (SSSR count). The fraction of sp³-hybridized carbons (Fsp3) is 0.562. The average Bonchev–Trinajstić information content (AvgIpc) is 2.66. The summed E-state index contributed by atoms with van der Waals surface area (Å²) in [6.07, 6.45) is 1.48. The maximum atomic E-state index is 11.5. The van der Waals surface area contributed by atoms with Crippen LogP contribution < -0.4 is 11.1 Å². The SMILES string of the molecule is CCC(N)C(c1ccc(C)cc1)N1CCNC(=O)CC1. The lowest BCUT2D eigenvalue weighted by molar-refractivity contribution is -0.120. The predicted molar refractivity (Wildman–Crippen MR) is 81.4 cm³/mol. The van der Waals surface area contributed by atoms with Crippen LogP contribution >= 0.6 is 0 Å². The minimum atomic E-state index is 0.0888. The van der Waals surface area contributed by atoms with E-state index in [1.807, 2.05) is 0 Å². The number of carbonyl (C=O) groups is 1. The summed E-state index contributed by atoms with van der Waals surface area (Å²) in [6.45, 7) is 6.55. The molecule has 1 aliphatic rings. The van der Waals surface area contributed by atoms with Gasteiger partial charge in [0.05, 0.1) is 0 Å². The lowest BCUT2D eigenvalue weighted by Gasteiger charge is -2.34. The van der Waals surface area contributed by atoms with Crippen LogP contribution in [-0.2, 0) is 4.79 Å². The normalized spacial score (nSPS) is 20.1. The highest BCUT2D eigenvalue weighted by molar-refractivity contribution is 5.76. The summed E-state index contributed by atoms with van der Waals surface area (Å²) in [7, 11) is 0. The van der Waals surface area contributed by atoms with Gasteiger partial charge in [0, 0.05) is 38.1 Å². The maximum Gasteiger partial charge on any atom is 0.221 e. The van der Waals surface area contributed by atoms with Crippen molar-refractivity contribution in [2.45, 2.75) is 38.8 Å². The molecule has 1 fully saturated rings. The Morgan fingerprint density at radius 3 is 2.65 bits per heavy atom. The summed E-state index contributed by atoms with van der Waals surface area (Å²) in [5.41, 5.74) is 8.86. The van der Waals surface area contributed by atoms with Crippen molar-refractivity contribution in [3.63, 3.8) is 0 Å². The van der Waals surface area contributed by atoms with Gasteiger partial charge in [0.1, 0.15) is 0 Å². The van der Waals surface area contributed by atoms with E-state index in [1.54, 1.807) is 0 Å². The Morgan fingerprint density at radius 1 is 1.30 bits per heavy atom. The van der Waals surface area contributed by atoms with Gasteiger partial charge >= 0.3 is 0 Å². The molecular formula is C16H25N3O. The Labute approximate surface area is 121 Å². The van der Waals surface area contributed by atoms with E-state index in [1.165, 1.54) is 11.1 Å².